The van der Waals surface area contributed by atoms with Gasteiger partial charge in [-0.15, -0.1) is 11.6 Å². The summed E-state index contributed by atoms with van der Waals surface area (Å²) in [6, 6.07) is 9.82. The van der Waals surface area contributed by atoms with Gasteiger partial charge in [-0.2, -0.15) is 0 Å². The number of rotatable bonds is 4. The number of halogens is 2. The summed E-state index contributed by atoms with van der Waals surface area (Å²) in [5, 5.41) is 0.736. The Morgan fingerprint density at radius 3 is 2.86 bits per heavy atom. The predicted octanol–water partition coefficient (Wildman–Crippen LogP) is 4.22. The van der Waals surface area contributed by atoms with Gasteiger partial charge in [-0.1, -0.05) is 23.7 Å². The third-order valence-corrected chi connectivity index (χ3v) is 3.89. The van der Waals surface area contributed by atoms with E-state index in [-0.39, 0.29) is 0 Å². The number of nitrogens with zero attached hydrogens (tertiary/aromatic N) is 3. The molecule has 0 aliphatic heterocycles. The van der Waals surface area contributed by atoms with Crippen LogP contribution in [0.25, 0.3) is 11.2 Å². The molecule has 3 rings (SSSR count). The first-order chi connectivity index (χ1) is 10.2. The summed E-state index contributed by atoms with van der Waals surface area (Å²) in [5.74, 6) is 1.50. The molecule has 0 bridgehead atoms. The van der Waals surface area contributed by atoms with Crippen molar-refractivity contribution in [3.8, 4) is 0 Å². The van der Waals surface area contributed by atoms with Gasteiger partial charge in [0.15, 0.2) is 5.65 Å². The standard InChI is InChI=1S/C16H15Cl2N3/c1-11-6-8-19-16-15(11)20-14(5-7-17)21(16)10-12-3-2-4-13(18)9-12/h2-4,6,8-9H,5,7,10H2,1H3. The third-order valence-electron chi connectivity index (χ3n) is 3.46. The van der Waals surface area contributed by atoms with Gasteiger partial charge in [0.2, 0.25) is 0 Å². The van der Waals surface area contributed by atoms with Crippen LogP contribution in [0.1, 0.15) is 17.0 Å². The topological polar surface area (TPSA) is 30.7 Å². The van der Waals surface area contributed by atoms with Gasteiger partial charge < -0.3 is 4.57 Å². The maximum atomic E-state index is 6.07. The number of aryl methyl sites for hydroxylation is 2. The first-order valence-corrected chi connectivity index (χ1v) is 7.71. The lowest BCUT2D eigenvalue weighted by Crippen LogP contribution is -2.06. The molecule has 21 heavy (non-hydrogen) atoms. The van der Waals surface area contributed by atoms with Crippen LogP contribution in [0.3, 0.4) is 0 Å². The summed E-state index contributed by atoms with van der Waals surface area (Å²) in [5.41, 5.74) is 4.09. The van der Waals surface area contributed by atoms with E-state index in [0.29, 0.717) is 12.4 Å². The van der Waals surface area contributed by atoms with E-state index in [1.807, 2.05) is 37.4 Å². The maximum Gasteiger partial charge on any atom is 0.160 e. The van der Waals surface area contributed by atoms with E-state index in [1.54, 1.807) is 0 Å². The molecule has 2 heterocycles. The second-order valence-electron chi connectivity index (χ2n) is 4.98. The largest absolute Gasteiger partial charge is 0.308 e. The van der Waals surface area contributed by atoms with E-state index in [1.165, 1.54) is 0 Å². The van der Waals surface area contributed by atoms with Crippen molar-refractivity contribution < 1.29 is 0 Å². The summed E-state index contributed by atoms with van der Waals surface area (Å²) in [6.45, 7) is 2.74. The van der Waals surface area contributed by atoms with Crippen molar-refractivity contribution in [1.82, 2.24) is 14.5 Å². The minimum Gasteiger partial charge on any atom is -0.308 e. The van der Waals surface area contributed by atoms with E-state index in [0.717, 1.165) is 39.6 Å². The summed E-state index contributed by atoms with van der Waals surface area (Å²) in [7, 11) is 0. The summed E-state index contributed by atoms with van der Waals surface area (Å²) in [4.78, 5) is 9.19. The molecule has 0 aliphatic rings. The van der Waals surface area contributed by atoms with Crippen molar-refractivity contribution in [2.45, 2.75) is 19.9 Å². The monoisotopic (exact) mass is 319 g/mol. The molecule has 3 aromatic rings. The van der Waals surface area contributed by atoms with Crippen LogP contribution in [0, 0.1) is 6.92 Å². The van der Waals surface area contributed by atoms with Crippen LogP contribution in [0.5, 0.6) is 0 Å². The lowest BCUT2D eigenvalue weighted by Gasteiger charge is -2.08. The van der Waals surface area contributed by atoms with Gasteiger partial charge in [-0.05, 0) is 36.2 Å². The van der Waals surface area contributed by atoms with E-state index in [2.05, 4.69) is 15.6 Å². The van der Waals surface area contributed by atoms with Crippen molar-refractivity contribution in [2.75, 3.05) is 5.88 Å². The number of benzene rings is 1. The minimum atomic E-state index is 0.540. The Balaban J connectivity index is 2.11. The number of aromatic nitrogens is 3. The third kappa shape index (κ3) is 2.89. The fourth-order valence-corrected chi connectivity index (χ4v) is 2.82. The van der Waals surface area contributed by atoms with Crippen LogP contribution in [-0.4, -0.2) is 20.4 Å². The molecule has 108 valence electrons. The summed E-state index contributed by atoms with van der Waals surface area (Å²) in [6.07, 6.45) is 2.54. The van der Waals surface area contributed by atoms with Crippen LogP contribution >= 0.6 is 23.2 Å². The molecule has 0 fully saturated rings. The zero-order valence-corrected chi connectivity index (χ0v) is 13.2. The summed E-state index contributed by atoms with van der Waals surface area (Å²) < 4.78 is 2.12. The molecule has 0 spiro atoms. The van der Waals surface area contributed by atoms with Crippen molar-refractivity contribution in [3.63, 3.8) is 0 Å². The Bertz CT molecular complexity index is 780. The molecule has 5 heteroatoms. The van der Waals surface area contributed by atoms with E-state index in [9.17, 15) is 0 Å². The van der Waals surface area contributed by atoms with Gasteiger partial charge in [0.05, 0.1) is 6.54 Å². The fourth-order valence-electron chi connectivity index (χ4n) is 2.44. The van der Waals surface area contributed by atoms with Crippen molar-refractivity contribution in [3.05, 3.63) is 58.5 Å². The van der Waals surface area contributed by atoms with Crippen LogP contribution in [0.15, 0.2) is 36.5 Å². The van der Waals surface area contributed by atoms with Crippen molar-refractivity contribution in [1.29, 1.82) is 0 Å². The minimum absolute atomic E-state index is 0.540. The number of hydrogen-bond donors (Lipinski definition) is 0. The van der Waals surface area contributed by atoms with Crippen molar-refractivity contribution >= 4 is 34.4 Å². The Kier molecular flexibility index (Phi) is 4.13. The smallest absolute Gasteiger partial charge is 0.160 e. The van der Waals surface area contributed by atoms with E-state index >= 15 is 0 Å². The van der Waals surface area contributed by atoms with Crippen LogP contribution in [-0.2, 0) is 13.0 Å². The highest BCUT2D eigenvalue weighted by atomic mass is 35.5. The summed E-state index contributed by atoms with van der Waals surface area (Å²) >= 11 is 12.0. The molecule has 0 atom stereocenters. The van der Waals surface area contributed by atoms with Gasteiger partial charge in [-0.3, -0.25) is 0 Å². The highest BCUT2D eigenvalue weighted by molar-refractivity contribution is 6.30. The maximum absolute atomic E-state index is 6.07. The predicted molar refractivity (Wildman–Crippen MR) is 87.2 cm³/mol. The molecule has 0 unspecified atom stereocenters. The Morgan fingerprint density at radius 1 is 1.24 bits per heavy atom. The van der Waals surface area contributed by atoms with Crippen LogP contribution in [0.2, 0.25) is 5.02 Å². The normalized spacial score (nSPS) is 11.2. The second kappa shape index (κ2) is 6.04. The van der Waals surface area contributed by atoms with Gasteiger partial charge in [0, 0.05) is 23.5 Å². The fraction of sp³-hybridized carbons (Fsp3) is 0.250. The number of alkyl halides is 1. The number of pyridine rings is 1. The van der Waals surface area contributed by atoms with Gasteiger partial charge in [-0.25, -0.2) is 9.97 Å². The van der Waals surface area contributed by atoms with Gasteiger partial charge >= 0.3 is 0 Å². The van der Waals surface area contributed by atoms with Crippen molar-refractivity contribution in [2.24, 2.45) is 0 Å². The number of hydrogen-bond acceptors (Lipinski definition) is 2. The highest BCUT2D eigenvalue weighted by Gasteiger charge is 2.13. The van der Waals surface area contributed by atoms with Gasteiger partial charge in [0.1, 0.15) is 11.3 Å². The molecule has 0 amide bonds. The average molecular weight is 320 g/mol. The molecule has 0 saturated heterocycles. The molecule has 2 aromatic heterocycles. The highest BCUT2D eigenvalue weighted by Crippen LogP contribution is 2.20. The lowest BCUT2D eigenvalue weighted by atomic mass is 10.2. The number of fused-ring (bicyclic) bond motifs is 1. The Labute approximate surface area is 133 Å². The molecule has 3 nitrogen and oxygen atoms in total. The molecule has 0 saturated carbocycles. The zero-order valence-electron chi connectivity index (χ0n) is 11.7. The van der Waals surface area contributed by atoms with E-state index in [4.69, 9.17) is 28.2 Å². The first-order valence-electron chi connectivity index (χ1n) is 6.80. The molecular formula is C16H15Cl2N3. The Morgan fingerprint density at radius 2 is 2.10 bits per heavy atom. The molecule has 0 radical (unpaired) electrons. The number of imidazole rings is 1. The van der Waals surface area contributed by atoms with E-state index < -0.39 is 0 Å². The Hall–Kier alpha value is -1.58. The molecular weight excluding hydrogens is 305 g/mol. The molecule has 0 aliphatic carbocycles. The lowest BCUT2D eigenvalue weighted by molar-refractivity contribution is 0.748. The second-order valence-corrected chi connectivity index (χ2v) is 5.80. The molecule has 0 N–H and O–H groups in total. The van der Waals surface area contributed by atoms with Crippen LogP contribution in [0.4, 0.5) is 0 Å². The zero-order chi connectivity index (χ0) is 14.8. The van der Waals surface area contributed by atoms with Crippen LogP contribution < -0.4 is 0 Å². The average Bonchev–Trinajstić information content (AvgIpc) is 2.79. The quantitative estimate of drug-likeness (QED) is 0.674. The SMILES string of the molecule is Cc1ccnc2c1nc(CCCl)n2Cc1cccc(Cl)c1. The van der Waals surface area contributed by atoms with Gasteiger partial charge in [0.25, 0.3) is 0 Å². The molecule has 1 aromatic carbocycles. The first kappa shape index (κ1) is 14.4.